The Morgan fingerprint density at radius 2 is 1.90 bits per heavy atom. The van der Waals surface area contributed by atoms with Gasteiger partial charge in [-0.3, -0.25) is 9.48 Å². The number of benzene rings is 1. The predicted octanol–water partition coefficient (Wildman–Crippen LogP) is 4.10. The Hall–Kier alpha value is -1.89. The van der Waals surface area contributed by atoms with Crippen LogP contribution in [0.3, 0.4) is 0 Å². The van der Waals surface area contributed by atoms with Gasteiger partial charge in [0.15, 0.2) is 0 Å². The number of nitrogens with one attached hydrogen (secondary N) is 1. The number of aliphatic hydroxyl groups is 2. The molecule has 1 saturated carbocycles. The fourth-order valence-corrected chi connectivity index (χ4v) is 4.14. The number of amides is 1. The van der Waals surface area contributed by atoms with Crippen LogP contribution in [-0.2, 0) is 6.54 Å². The number of rotatable bonds is 6. The number of nitrogens with zero attached hydrogens (tertiary/aromatic N) is 2. The van der Waals surface area contributed by atoms with Crippen LogP contribution in [0.15, 0.2) is 24.3 Å². The van der Waals surface area contributed by atoms with Crippen molar-refractivity contribution in [2.75, 3.05) is 6.54 Å². The molecule has 1 aliphatic rings. The van der Waals surface area contributed by atoms with Crippen molar-refractivity contribution in [1.29, 1.82) is 0 Å². The van der Waals surface area contributed by atoms with Gasteiger partial charge < -0.3 is 15.5 Å². The van der Waals surface area contributed by atoms with Gasteiger partial charge in [-0.05, 0) is 51.8 Å². The highest BCUT2D eigenvalue weighted by molar-refractivity contribution is 6.34. The van der Waals surface area contributed by atoms with Gasteiger partial charge in [0, 0.05) is 17.8 Å². The van der Waals surface area contributed by atoms with E-state index in [9.17, 15) is 15.0 Å². The summed E-state index contributed by atoms with van der Waals surface area (Å²) >= 11 is 6.30. The number of carbonyl (C=O) groups is 1. The van der Waals surface area contributed by atoms with Crippen LogP contribution in [-0.4, -0.2) is 43.6 Å². The molecule has 0 unspecified atom stereocenters. The molecular formula is C23H32ClN3O3. The number of carbonyl (C=O) groups excluding carboxylic acids is 1. The maximum atomic E-state index is 12.8. The average molecular weight is 434 g/mol. The highest BCUT2D eigenvalue weighted by Gasteiger charge is 2.29. The first-order valence-corrected chi connectivity index (χ1v) is 11.0. The minimum absolute atomic E-state index is 0.228. The first kappa shape index (κ1) is 22.8. The number of aryl methyl sites for hydroxylation is 1. The van der Waals surface area contributed by atoms with E-state index in [1.165, 1.54) is 0 Å². The Balaban J connectivity index is 1.76. The maximum Gasteiger partial charge on any atom is 0.252 e. The maximum absolute atomic E-state index is 12.8. The van der Waals surface area contributed by atoms with Crippen LogP contribution >= 0.6 is 11.6 Å². The van der Waals surface area contributed by atoms with Crippen LogP contribution < -0.4 is 5.32 Å². The molecule has 0 bridgehead atoms. The van der Waals surface area contributed by atoms with Crippen LogP contribution in [0.25, 0.3) is 11.3 Å². The molecule has 0 spiro atoms. The SMILES string of the molecule is Cc1cc(-c2ccc(Cl)c(C(=O)NCC3(O)CCCCCC3)c2)nn1CC(C)(C)O. The van der Waals surface area contributed by atoms with Gasteiger partial charge in [-0.1, -0.05) is 43.4 Å². The van der Waals surface area contributed by atoms with E-state index in [-0.39, 0.29) is 12.5 Å². The number of aromatic nitrogens is 2. The second kappa shape index (κ2) is 9.08. The van der Waals surface area contributed by atoms with E-state index in [2.05, 4.69) is 10.4 Å². The molecule has 1 amide bonds. The molecule has 0 radical (unpaired) electrons. The minimum Gasteiger partial charge on any atom is -0.389 e. The third-order valence-electron chi connectivity index (χ3n) is 5.64. The van der Waals surface area contributed by atoms with E-state index in [0.717, 1.165) is 36.9 Å². The van der Waals surface area contributed by atoms with Crippen molar-refractivity contribution in [2.45, 2.75) is 77.0 Å². The van der Waals surface area contributed by atoms with Crippen LogP contribution in [0.4, 0.5) is 0 Å². The van der Waals surface area contributed by atoms with Gasteiger partial charge in [0.25, 0.3) is 5.91 Å². The molecular weight excluding hydrogens is 402 g/mol. The quantitative estimate of drug-likeness (QED) is 0.598. The Morgan fingerprint density at radius 1 is 1.23 bits per heavy atom. The Morgan fingerprint density at radius 3 is 2.53 bits per heavy atom. The van der Waals surface area contributed by atoms with Crippen molar-refractivity contribution >= 4 is 17.5 Å². The predicted molar refractivity (Wildman–Crippen MR) is 119 cm³/mol. The van der Waals surface area contributed by atoms with Crippen LogP contribution in [0.2, 0.25) is 5.02 Å². The van der Waals surface area contributed by atoms with E-state index in [4.69, 9.17) is 11.6 Å². The van der Waals surface area contributed by atoms with Gasteiger partial charge >= 0.3 is 0 Å². The lowest BCUT2D eigenvalue weighted by molar-refractivity contribution is 0.0246. The van der Waals surface area contributed by atoms with Gasteiger partial charge in [0.05, 0.1) is 34.0 Å². The topological polar surface area (TPSA) is 87.4 Å². The first-order chi connectivity index (χ1) is 14.1. The molecule has 1 aliphatic carbocycles. The minimum atomic E-state index is -0.878. The van der Waals surface area contributed by atoms with Crippen LogP contribution in [0.1, 0.15) is 68.4 Å². The number of hydrogen-bond acceptors (Lipinski definition) is 4. The zero-order valence-electron chi connectivity index (χ0n) is 18.0. The Kier molecular flexibility index (Phi) is 6.90. The van der Waals surface area contributed by atoms with Gasteiger partial charge in [-0.2, -0.15) is 5.10 Å². The van der Waals surface area contributed by atoms with Gasteiger partial charge in [-0.15, -0.1) is 0 Å². The molecule has 1 aromatic heterocycles. The van der Waals surface area contributed by atoms with Crippen molar-refractivity contribution in [3.63, 3.8) is 0 Å². The molecule has 0 aliphatic heterocycles. The molecule has 30 heavy (non-hydrogen) atoms. The molecule has 0 atom stereocenters. The lowest BCUT2D eigenvalue weighted by Crippen LogP contribution is -2.42. The number of hydrogen-bond donors (Lipinski definition) is 3. The zero-order chi connectivity index (χ0) is 21.9. The molecule has 6 nitrogen and oxygen atoms in total. The second-order valence-electron chi connectivity index (χ2n) is 9.16. The molecule has 2 aromatic rings. The molecule has 3 rings (SSSR count). The second-order valence-corrected chi connectivity index (χ2v) is 9.56. The molecule has 164 valence electrons. The first-order valence-electron chi connectivity index (χ1n) is 10.6. The normalized spacial score (nSPS) is 16.9. The third kappa shape index (κ3) is 5.84. The standard InChI is InChI=1S/C23H32ClN3O3/c1-16-12-20(26-27(16)15-22(2,3)29)17-8-9-19(24)18(13-17)21(28)25-14-23(30)10-6-4-5-7-11-23/h8-9,12-13,29-30H,4-7,10-11,14-15H2,1-3H3,(H,25,28). The molecule has 0 saturated heterocycles. The third-order valence-corrected chi connectivity index (χ3v) is 5.97. The Labute approximate surface area is 183 Å². The monoisotopic (exact) mass is 433 g/mol. The van der Waals surface area contributed by atoms with Crippen LogP contribution in [0.5, 0.6) is 0 Å². The van der Waals surface area contributed by atoms with Gasteiger partial charge in [0.1, 0.15) is 0 Å². The van der Waals surface area contributed by atoms with E-state index < -0.39 is 11.2 Å². The summed E-state index contributed by atoms with van der Waals surface area (Å²) in [5, 5.41) is 28.7. The lowest BCUT2D eigenvalue weighted by Gasteiger charge is -2.26. The molecule has 3 N–H and O–H groups in total. The highest BCUT2D eigenvalue weighted by Crippen LogP contribution is 2.28. The fraction of sp³-hybridized carbons (Fsp3) is 0.565. The van der Waals surface area contributed by atoms with Gasteiger partial charge in [0.2, 0.25) is 0 Å². The summed E-state index contributed by atoms with van der Waals surface area (Å²) in [5.74, 6) is -0.299. The summed E-state index contributed by atoms with van der Waals surface area (Å²) in [7, 11) is 0. The molecule has 7 heteroatoms. The molecule has 1 aromatic carbocycles. The molecule has 1 fully saturated rings. The highest BCUT2D eigenvalue weighted by atomic mass is 35.5. The lowest BCUT2D eigenvalue weighted by atomic mass is 9.94. The smallest absolute Gasteiger partial charge is 0.252 e. The number of halogens is 1. The summed E-state index contributed by atoms with van der Waals surface area (Å²) in [6, 6.07) is 7.17. The van der Waals surface area contributed by atoms with E-state index in [1.807, 2.05) is 19.1 Å². The zero-order valence-corrected chi connectivity index (χ0v) is 18.8. The van der Waals surface area contributed by atoms with E-state index >= 15 is 0 Å². The summed E-state index contributed by atoms with van der Waals surface area (Å²) in [4.78, 5) is 12.8. The van der Waals surface area contributed by atoms with E-state index in [1.54, 1.807) is 30.7 Å². The van der Waals surface area contributed by atoms with E-state index in [0.29, 0.717) is 35.7 Å². The van der Waals surface area contributed by atoms with Crippen molar-refractivity contribution in [1.82, 2.24) is 15.1 Å². The summed E-state index contributed by atoms with van der Waals surface area (Å²) in [6.07, 6.45) is 5.63. The Bertz CT molecular complexity index is 894. The van der Waals surface area contributed by atoms with Crippen molar-refractivity contribution in [3.8, 4) is 11.3 Å². The van der Waals surface area contributed by atoms with Crippen LogP contribution in [0, 0.1) is 6.92 Å². The molecule has 1 heterocycles. The fourth-order valence-electron chi connectivity index (χ4n) is 3.94. The van der Waals surface area contributed by atoms with Crippen molar-refractivity contribution < 1.29 is 15.0 Å². The van der Waals surface area contributed by atoms with Gasteiger partial charge in [-0.25, -0.2) is 0 Å². The largest absolute Gasteiger partial charge is 0.389 e. The average Bonchev–Trinajstić information content (AvgIpc) is 2.87. The van der Waals surface area contributed by atoms with Crippen molar-refractivity contribution in [2.24, 2.45) is 0 Å². The summed E-state index contributed by atoms with van der Waals surface area (Å²) in [6.45, 7) is 6.00. The summed E-state index contributed by atoms with van der Waals surface area (Å²) in [5.41, 5.74) is 1.05. The van der Waals surface area contributed by atoms with Crippen molar-refractivity contribution in [3.05, 3.63) is 40.5 Å². The summed E-state index contributed by atoms with van der Waals surface area (Å²) < 4.78 is 1.76.